The Morgan fingerprint density at radius 2 is 2.00 bits per heavy atom. The van der Waals surface area contributed by atoms with Crippen molar-refractivity contribution in [3.8, 4) is 5.75 Å². The van der Waals surface area contributed by atoms with Gasteiger partial charge < -0.3 is 14.2 Å². The molecule has 0 saturated carbocycles. The maximum Gasteiger partial charge on any atom is 0.313 e. The summed E-state index contributed by atoms with van der Waals surface area (Å²) in [6.07, 6.45) is 0. The molecule has 1 aromatic rings. The second kappa shape index (κ2) is 6.80. The van der Waals surface area contributed by atoms with E-state index in [1.807, 2.05) is 39.0 Å². The van der Waals surface area contributed by atoms with Gasteiger partial charge in [-0.2, -0.15) is 0 Å². The summed E-state index contributed by atoms with van der Waals surface area (Å²) in [7, 11) is 0. The van der Waals surface area contributed by atoms with E-state index in [1.165, 1.54) is 0 Å². The van der Waals surface area contributed by atoms with Crippen LogP contribution in [0.25, 0.3) is 0 Å². The van der Waals surface area contributed by atoms with Crippen LogP contribution in [-0.2, 0) is 19.9 Å². The number of carbonyl (C=O) groups is 1. The lowest BCUT2D eigenvalue weighted by Gasteiger charge is -2.18. The number of hydrogen-bond acceptors (Lipinski definition) is 4. The predicted octanol–water partition coefficient (Wildman–Crippen LogP) is 3.45. The molecule has 4 nitrogen and oxygen atoms in total. The summed E-state index contributed by atoms with van der Waals surface area (Å²) in [4.78, 5) is 11.9. The Morgan fingerprint density at radius 3 is 2.55 bits per heavy atom. The number of benzene rings is 1. The highest BCUT2D eigenvalue weighted by molar-refractivity contribution is 5.75. The first-order chi connectivity index (χ1) is 10.3. The van der Waals surface area contributed by atoms with Crippen LogP contribution in [0, 0.1) is 18.8 Å². The first-order valence-electron chi connectivity index (χ1n) is 7.88. The first-order valence-corrected chi connectivity index (χ1v) is 7.88. The number of esters is 1. The molecule has 0 aliphatic carbocycles. The van der Waals surface area contributed by atoms with Gasteiger partial charge in [0.25, 0.3) is 0 Å². The zero-order valence-corrected chi connectivity index (χ0v) is 14.1. The smallest absolute Gasteiger partial charge is 0.313 e. The molecule has 22 heavy (non-hydrogen) atoms. The molecule has 0 radical (unpaired) electrons. The van der Waals surface area contributed by atoms with Crippen LogP contribution >= 0.6 is 0 Å². The fourth-order valence-corrected chi connectivity index (χ4v) is 2.18. The monoisotopic (exact) mass is 306 g/mol. The Morgan fingerprint density at radius 1 is 1.32 bits per heavy atom. The van der Waals surface area contributed by atoms with E-state index >= 15 is 0 Å². The number of aryl methyl sites for hydroxylation is 1. The molecule has 1 heterocycles. The van der Waals surface area contributed by atoms with E-state index in [9.17, 15) is 4.79 Å². The zero-order valence-electron chi connectivity index (χ0n) is 14.1. The van der Waals surface area contributed by atoms with E-state index in [1.54, 1.807) is 0 Å². The highest BCUT2D eigenvalue weighted by atomic mass is 16.6. The van der Waals surface area contributed by atoms with E-state index in [0.29, 0.717) is 31.5 Å². The van der Waals surface area contributed by atoms with Crippen LogP contribution in [0.4, 0.5) is 0 Å². The van der Waals surface area contributed by atoms with Crippen LogP contribution < -0.4 is 4.74 Å². The van der Waals surface area contributed by atoms with Crippen LogP contribution in [0.5, 0.6) is 5.75 Å². The van der Waals surface area contributed by atoms with Crippen LogP contribution in [0.3, 0.4) is 0 Å². The van der Waals surface area contributed by atoms with Crippen molar-refractivity contribution in [2.24, 2.45) is 11.8 Å². The standard InChI is InChI=1S/C18H26O4/c1-12(2)9-20-10-18(11-21-18)15-7-6-14(5)8-16(15)22-17(19)13(3)4/h6-8,12-13H,9-11H2,1-5H3/t18-/m0/s1. The maximum absolute atomic E-state index is 11.9. The second-order valence-electron chi connectivity index (χ2n) is 6.77. The van der Waals surface area contributed by atoms with Gasteiger partial charge >= 0.3 is 5.97 Å². The van der Waals surface area contributed by atoms with Crippen molar-refractivity contribution in [3.05, 3.63) is 29.3 Å². The van der Waals surface area contributed by atoms with Crippen molar-refractivity contribution < 1.29 is 19.0 Å². The van der Waals surface area contributed by atoms with Gasteiger partial charge in [0.15, 0.2) is 0 Å². The summed E-state index contributed by atoms with van der Waals surface area (Å²) in [6, 6.07) is 5.87. The lowest BCUT2D eigenvalue weighted by Crippen LogP contribution is -2.22. The van der Waals surface area contributed by atoms with Gasteiger partial charge in [-0.15, -0.1) is 0 Å². The van der Waals surface area contributed by atoms with Crippen molar-refractivity contribution in [1.82, 2.24) is 0 Å². The van der Waals surface area contributed by atoms with E-state index < -0.39 is 5.60 Å². The SMILES string of the molecule is Cc1ccc([C@]2(COCC(C)C)CO2)c(OC(=O)C(C)C)c1. The van der Waals surface area contributed by atoms with Crippen molar-refractivity contribution in [2.45, 2.75) is 40.2 Å². The van der Waals surface area contributed by atoms with E-state index in [-0.39, 0.29) is 11.9 Å². The minimum atomic E-state index is -0.463. The first kappa shape index (κ1) is 17.0. The third-order valence-electron chi connectivity index (χ3n) is 3.59. The normalized spacial score (nSPS) is 20.5. The number of epoxide rings is 1. The van der Waals surface area contributed by atoms with Gasteiger partial charge in [-0.25, -0.2) is 0 Å². The molecule has 0 unspecified atom stereocenters. The largest absolute Gasteiger partial charge is 0.426 e. The molecule has 122 valence electrons. The van der Waals surface area contributed by atoms with Gasteiger partial charge in [0.05, 0.1) is 19.1 Å². The molecule has 0 N–H and O–H groups in total. The van der Waals surface area contributed by atoms with E-state index in [0.717, 1.165) is 11.1 Å². The lowest BCUT2D eigenvalue weighted by molar-refractivity contribution is -0.137. The van der Waals surface area contributed by atoms with Crippen molar-refractivity contribution >= 4 is 5.97 Å². The van der Waals surface area contributed by atoms with Crippen LogP contribution in [0.1, 0.15) is 38.8 Å². The van der Waals surface area contributed by atoms with Gasteiger partial charge in [-0.1, -0.05) is 39.8 Å². The van der Waals surface area contributed by atoms with Gasteiger partial charge in [0.2, 0.25) is 0 Å². The average molecular weight is 306 g/mol. The third kappa shape index (κ3) is 4.08. The summed E-state index contributed by atoms with van der Waals surface area (Å²) < 4.78 is 17.0. The molecule has 1 aliphatic heterocycles. The number of ether oxygens (including phenoxy) is 3. The Hall–Kier alpha value is -1.39. The Balaban J connectivity index is 2.17. The lowest BCUT2D eigenvalue weighted by atomic mass is 9.98. The third-order valence-corrected chi connectivity index (χ3v) is 3.59. The summed E-state index contributed by atoms with van der Waals surface area (Å²) >= 11 is 0. The molecule has 1 aromatic carbocycles. The van der Waals surface area contributed by atoms with Crippen LogP contribution in [-0.4, -0.2) is 25.8 Å². The Bertz CT molecular complexity index is 530. The molecule has 0 spiro atoms. The number of rotatable bonds is 7. The molecule has 1 saturated heterocycles. The molecule has 0 amide bonds. The second-order valence-corrected chi connectivity index (χ2v) is 6.77. The number of carbonyl (C=O) groups excluding carboxylic acids is 1. The molecule has 0 bridgehead atoms. The quantitative estimate of drug-likeness (QED) is 0.440. The molecule has 2 rings (SSSR count). The predicted molar refractivity (Wildman–Crippen MR) is 84.9 cm³/mol. The summed E-state index contributed by atoms with van der Waals surface area (Å²) in [6.45, 7) is 11.6. The topological polar surface area (TPSA) is 48.1 Å². The van der Waals surface area contributed by atoms with Crippen LogP contribution in [0.2, 0.25) is 0 Å². The summed E-state index contributed by atoms with van der Waals surface area (Å²) in [5.74, 6) is 0.670. The average Bonchev–Trinajstić information content (AvgIpc) is 3.19. The minimum absolute atomic E-state index is 0.165. The number of hydrogen-bond donors (Lipinski definition) is 0. The highest BCUT2D eigenvalue weighted by Gasteiger charge is 2.49. The van der Waals surface area contributed by atoms with Crippen molar-refractivity contribution in [1.29, 1.82) is 0 Å². The van der Waals surface area contributed by atoms with Gasteiger partial charge in [0.1, 0.15) is 11.4 Å². The zero-order chi connectivity index (χ0) is 16.3. The summed E-state index contributed by atoms with van der Waals surface area (Å²) in [5, 5.41) is 0. The Kier molecular flexibility index (Phi) is 5.24. The Labute approximate surface area is 132 Å². The van der Waals surface area contributed by atoms with Crippen molar-refractivity contribution in [3.63, 3.8) is 0 Å². The van der Waals surface area contributed by atoms with Crippen molar-refractivity contribution in [2.75, 3.05) is 19.8 Å². The fourth-order valence-electron chi connectivity index (χ4n) is 2.18. The molecule has 1 aliphatic rings. The maximum atomic E-state index is 11.9. The molecule has 0 aromatic heterocycles. The van der Waals surface area contributed by atoms with Gasteiger partial charge in [-0.05, 0) is 24.5 Å². The fraction of sp³-hybridized carbons (Fsp3) is 0.611. The summed E-state index contributed by atoms with van der Waals surface area (Å²) in [5.41, 5.74) is 1.49. The van der Waals surface area contributed by atoms with E-state index in [4.69, 9.17) is 14.2 Å². The van der Waals surface area contributed by atoms with Gasteiger partial charge in [-0.3, -0.25) is 4.79 Å². The molecule has 1 fully saturated rings. The molecule has 4 heteroatoms. The highest BCUT2D eigenvalue weighted by Crippen LogP contribution is 2.44. The molecular formula is C18H26O4. The van der Waals surface area contributed by atoms with Gasteiger partial charge in [0, 0.05) is 12.2 Å². The van der Waals surface area contributed by atoms with E-state index in [2.05, 4.69) is 13.8 Å². The minimum Gasteiger partial charge on any atom is -0.426 e. The molecule has 1 atom stereocenters. The molecular weight excluding hydrogens is 280 g/mol. The van der Waals surface area contributed by atoms with Crippen LogP contribution in [0.15, 0.2) is 18.2 Å².